The predicted molar refractivity (Wildman–Crippen MR) is 81.3 cm³/mol. The molecule has 0 aliphatic rings. The lowest BCUT2D eigenvalue weighted by molar-refractivity contribution is 0.581. The molecule has 108 valence electrons. The molecule has 3 rings (SSSR count). The van der Waals surface area contributed by atoms with Gasteiger partial charge >= 0.3 is 0 Å². The summed E-state index contributed by atoms with van der Waals surface area (Å²) in [5.74, 6) is 0. The minimum Gasteiger partial charge on any atom is -0.281 e. The predicted octanol–water partition coefficient (Wildman–Crippen LogP) is 2.35. The van der Waals surface area contributed by atoms with E-state index in [4.69, 9.17) is 0 Å². The van der Waals surface area contributed by atoms with Crippen molar-refractivity contribution in [1.82, 2.24) is 14.9 Å². The molecule has 0 amide bonds. The van der Waals surface area contributed by atoms with Crippen molar-refractivity contribution in [2.75, 3.05) is 0 Å². The first-order chi connectivity index (χ1) is 10.1. The molecule has 2 aromatic carbocycles. The maximum atomic E-state index is 12.3. The lowest BCUT2D eigenvalue weighted by Gasteiger charge is -2.08. The quantitative estimate of drug-likeness (QED) is 0.776. The molecule has 0 bridgehead atoms. The summed E-state index contributed by atoms with van der Waals surface area (Å²) in [5.41, 5.74) is 1.47. The van der Waals surface area contributed by atoms with Crippen LogP contribution in [0.25, 0.3) is 10.8 Å². The second-order valence-corrected chi connectivity index (χ2v) is 6.56. The molecule has 0 unspecified atom stereocenters. The van der Waals surface area contributed by atoms with Crippen LogP contribution in [0.3, 0.4) is 0 Å². The third kappa shape index (κ3) is 2.68. The molecule has 5 nitrogen and oxygen atoms in total. The van der Waals surface area contributed by atoms with Crippen LogP contribution < -0.4 is 4.72 Å². The van der Waals surface area contributed by atoms with E-state index in [0.717, 1.165) is 16.3 Å². The zero-order chi connectivity index (χ0) is 14.9. The fourth-order valence-corrected chi connectivity index (χ4v) is 3.45. The Bertz CT molecular complexity index is 879. The maximum absolute atomic E-state index is 12.3. The number of aromatic amines is 1. The summed E-state index contributed by atoms with van der Waals surface area (Å²) in [6.45, 7) is 1.92. The van der Waals surface area contributed by atoms with Crippen molar-refractivity contribution in [1.29, 1.82) is 0 Å². The van der Waals surface area contributed by atoms with E-state index >= 15 is 0 Å². The Labute approximate surface area is 123 Å². The summed E-state index contributed by atoms with van der Waals surface area (Å²) in [7, 11) is -3.56. The number of hydrogen-bond donors (Lipinski definition) is 2. The van der Waals surface area contributed by atoms with Gasteiger partial charge in [-0.05, 0) is 23.3 Å². The van der Waals surface area contributed by atoms with E-state index in [1.807, 2.05) is 42.5 Å². The van der Waals surface area contributed by atoms with Gasteiger partial charge in [0.15, 0.2) is 0 Å². The van der Waals surface area contributed by atoms with Gasteiger partial charge in [0.2, 0.25) is 10.0 Å². The van der Waals surface area contributed by atoms with Crippen LogP contribution in [-0.2, 0) is 16.6 Å². The molecular formula is C15H15N3O2S. The number of H-pyrrole nitrogens is 1. The van der Waals surface area contributed by atoms with Crippen molar-refractivity contribution in [3.63, 3.8) is 0 Å². The Hall–Kier alpha value is -2.18. The van der Waals surface area contributed by atoms with Crippen molar-refractivity contribution in [3.8, 4) is 0 Å². The average molecular weight is 301 g/mol. The lowest BCUT2D eigenvalue weighted by Crippen LogP contribution is -2.23. The zero-order valence-electron chi connectivity index (χ0n) is 11.5. The van der Waals surface area contributed by atoms with Gasteiger partial charge in [0, 0.05) is 6.54 Å². The van der Waals surface area contributed by atoms with Gasteiger partial charge in [-0.3, -0.25) is 5.10 Å². The first-order valence-corrected chi connectivity index (χ1v) is 8.02. The van der Waals surface area contributed by atoms with Crippen LogP contribution in [0, 0.1) is 6.92 Å². The average Bonchev–Trinajstić information content (AvgIpc) is 2.92. The van der Waals surface area contributed by atoms with Gasteiger partial charge in [0.1, 0.15) is 4.90 Å². The molecule has 1 aromatic heterocycles. The molecule has 0 atom stereocenters. The molecule has 3 aromatic rings. The summed E-state index contributed by atoms with van der Waals surface area (Å²) in [6.07, 6.45) is 1.32. The molecule has 0 aliphatic heterocycles. The first kappa shape index (κ1) is 13.8. The molecule has 0 fully saturated rings. The highest BCUT2D eigenvalue weighted by molar-refractivity contribution is 7.89. The largest absolute Gasteiger partial charge is 0.281 e. The van der Waals surface area contributed by atoms with E-state index in [2.05, 4.69) is 14.9 Å². The summed E-state index contributed by atoms with van der Waals surface area (Å²) in [6, 6.07) is 13.8. The maximum Gasteiger partial charge on any atom is 0.244 e. The molecule has 0 radical (unpaired) electrons. The minimum absolute atomic E-state index is 0.183. The zero-order valence-corrected chi connectivity index (χ0v) is 12.3. The second-order valence-electron chi connectivity index (χ2n) is 4.82. The molecule has 6 heteroatoms. The number of hydrogen-bond acceptors (Lipinski definition) is 3. The summed E-state index contributed by atoms with van der Waals surface area (Å²) in [4.78, 5) is 0.183. The van der Waals surface area contributed by atoms with Gasteiger partial charge < -0.3 is 0 Å². The van der Waals surface area contributed by atoms with Gasteiger partial charge in [0.05, 0.1) is 11.9 Å². The van der Waals surface area contributed by atoms with E-state index in [-0.39, 0.29) is 11.4 Å². The van der Waals surface area contributed by atoms with Crippen molar-refractivity contribution < 1.29 is 8.42 Å². The van der Waals surface area contributed by atoms with Crippen LogP contribution in [0.4, 0.5) is 0 Å². The van der Waals surface area contributed by atoms with E-state index < -0.39 is 10.0 Å². The highest BCUT2D eigenvalue weighted by Crippen LogP contribution is 2.19. The highest BCUT2D eigenvalue weighted by atomic mass is 32.2. The number of nitrogens with one attached hydrogen (secondary N) is 2. The molecule has 1 heterocycles. The van der Waals surface area contributed by atoms with Crippen molar-refractivity contribution >= 4 is 20.8 Å². The van der Waals surface area contributed by atoms with Crippen molar-refractivity contribution in [2.24, 2.45) is 0 Å². The van der Waals surface area contributed by atoms with Gasteiger partial charge in [0.25, 0.3) is 0 Å². The SMILES string of the molecule is Cc1[nH]ncc1S(=O)(=O)NCc1cccc2ccccc12. The monoisotopic (exact) mass is 301 g/mol. The molecule has 0 aliphatic carbocycles. The van der Waals surface area contributed by atoms with E-state index in [9.17, 15) is 8.42 Å². The normalized spacial score (nSPS) is 11.9. The van der Waals surface area contributed by atoms with Crippen LogP contribution in [-0.4, -0.2) is 18.6 Å². The minimum atomic E-state index is -3.56. The van der Waals surface area contributed by atoms with Crippen molar-refractivity contribution in [3.05, 3.63) is 59.9 Å². The number of aryl methyl sites for hydroxylation is 1. The second kappa shape index (κ2) is 5.31. The van der Waals surface area contributed by atoms with Gasteiger partial charge in [-0.1, -0.05) is 42.5 Å². The Kier molecular flexibility index (Phi) is 3.48. The molecule has 21 heavy (non-hydrogen) atoms. The third-order valence-electron chi connectivity index (χ3n) is 3.41. The summed E-state index contributed by atoms with van der Waals surface area (Å²) < 4.78 is 27.1. The van der Waals surface area contributed by atoms with Gasteiger partial charge in [-0.15, -0.1) is 0 Å². The topological polar surface area (TPSA) is 74.8 Å². The highest BCUT2D eigenvalue weighted by Gasteiger charge is 2.18. The molecular weight excluding hydrogens is 286 g/mol. The standard InChI is InChI=1S/C15H15N3O2S/c1-11-15(10-16-18-11)21(19,20)17-9-13-7-4-6-12-5-2-3-8-14(12)13/h2-8,10,17H,9H2,1H3,(H,16,18). The summed E-state index contributed by atoms with van der Waals surface area (Å²) in [5, 5.41) is 8.52. The Morgan fingerprint density at radius 1 is 1.14 bits per heavy atom. The smallest absolute Gasteiger partial charge is 0.244 e. The summed E-state index contributed by atoms with van der Waals surface area (Å²) >= 11 is 0. The van der Waals surface area contributed by atoms with Gasteiger partial charge in [-0.2, -0.15) is 5.10 Å². The number of benzene rings is 2. The lowest BCUT2D eigenvalue weighted by atomic mass is 10.1. The number of fused-ring (bicyclic) bond motifs is 1. The fourth-order valence-electron chi connectivity index (χ4n) is 2.31. The number of aromatic nitrogens is 2. The van der Waals surface area contributed by atoms with Gasteiger partial charge in [-0.25, -0.2) is 13.1 Å². The molecule has 0 saturated heterocycles. The number of sulfonamides is 1. The van der Waals surface area contributed by atoms with E-state index in [0.29, 0.717) is 5.69 Å². The molecule has 2 N–H and O–H groups in total. The van der Waals surface area contributed by atoms with Crippen LogP contribution in [0.5, 0.6) is 0 Å². The van der Waals surface area contributed by atoms with Crippen molar-refractivity contribution in [2.45, 2.75) is 18.4 Å². The van der Waals surface area contributed by atoms with Crippen LogP contribution in [0.1, 0.15) is 11.3 Å². The first-order valence-electron chi connectivity index (χ1n) is 6.54. The van der Waals surface area contributed by atoms with E-state index in [1.165, 1.54) is 6.20 Å². The Balaban J connectivity index is 1.89. The molecule has 0 spiro atoms. The number of rotatable bonds is 4. The third-order valence-corrected chi connectivity index (χ3v) is 4.92. The molecule has 0 saturated carbocycles. The Morgan fingerprint density at radius 2 is 1.90 bits per heavy atom. The van der Waals surface area contributed by atoms with E-state index in [1.54, 1.807) is 6.92 Å². The number of nitrogens with zero attached hydrogens (tertiary/aromatic N) is 1. The fraction of sp³-hybridized carbons (Fsp3) is 0.133. The van der Waals surface area contributed by atoms with Crippen LogP contribution in [0.15, 0.2) is 53.6 Å². The Morgan fingerprint density at radius 3 is 2.67 bits per heavy atom. The van der Waals surface area contributed by atoms with Crippen LogP contribution in [0.2, 0.25) is 0 Å². The van der Waals surface area contributed by atoms with Crippen LogP contribution >= 0.6 is 0 Å².